The average Bonchev–Trinajstić information content (AvgIpc) is 2.58. The molecule has 0 spiro atoms. The summed E-state index contributed by atoms with van der Waals surface area (Å²) in [5.41, 5.74) is 7.96. The summed E-state index contributed by atoms with van der Waals surface area (Å²) in [5, 5.41) is 4.36. The molecule has 2 N–H and O–H groups in total. The number of anilines is 1. The van der Waals surface area contributed by atoms with Gasteiger partial charge in [-0.05, 0) is 31.5 Å². The standard InChI is InChI=1S/C11H14N4/c1-8-7-11(12)15(14-8)9(2)10-3-5-13-6-4-10/h3-7,9H,12H2,1-2H3. The van der Waals surface area contributed by atoms with E-state index in [2.05, 4.69) is 17.0 Å². The summed E-state index contributed by atoms with van der Waals surface area (Å²) in [4.78, 5) is 3.99. The van der Waals surface area contributed by atoms with Crippen LogP contribution in [0.4, 0.5) is 5.82 Å². The lowest BCUT2D eigenvalue weighted by Gasteiger charge is -2.13. The molecule has 2 aromatic heterocycles. The lowest BCUT2D eigenvalue weighted by atomic mass is 10.1. The molecule has 15 heavy (non-hydrogen) atoms. The molecule has 4 heteroatoms. The van der Waals surface area contributed by atoms with Crippen molar-refractivity contribution in [2.24, 2.45) is 0 Å². The molecule has 4 nitrogen and oxygen atoms in total. The van der Waals surface area contributed by atoms with E-state index in [1.807, 2.05) is 29.8 Å². The summed E-state index contributed by atoms with van der Waals surface area (Å²) in [7, 11) is 0. The van der Waals surface area contributed by atoms with Crippen molar-refractivity contribution in [3.8, 4) is 0 Å². The Morgan fingerprint density at radius 3 is 2.53 bits per heavy atom. The average molecular weight is 202 g/mol. The van der Waals surface area contributed by atoms with Gasteiger partial charge >= 0.3 is 0 Å². The molecule has 0 fully saturated rings. The predicted molar refractivity (Wildman–Crippen MR) is 59.4 cm³/mol. The summed E-state index contributed by atoms with van der Waals surface area (Å²) in [6, 6.07) is 5.96. The van der Waals surface area contributed by atoms with E-state index in [0.717, 1.165) is 11.3 Å². The van der Waals surface area contributed by atoms with Gasteiger partial charge < -0.3 is 5.73 Å². The van der Waals surface area contributed by atoms with Gasteiger partial charge in [0.1, 0.15) is 5.82 Å². The van der Waals surface area contributed by atoms with Gasteiger partial charge in [0.15, 0.2) is 0 Å². The Hall–Kier alpha value is -1.84. The van der Waals surface area contributed by atoms with Gasteiger partial charge in [-0.2, -0.15) is 5.10 Å². The number of nitrogens with two attached hydrogens (primary N) is 1. The van der Waals surface area contributed by atoms with Crippen molar-refractivity contribution in [2.45, 2.75) is 19.9 Å². The number of nitrogens with zero attached hydrogens (tertiary/aromatic N) is 3. The van der Waals surface area contributed by atoms with Gasteiger partial charge in [0, 0.05) is 18.5 Å². The number of aryl methyl sites for hydroxylation is 1. The van der Waals surface area contributed by atoms with E-state index in [9.17, 15) is 0 Å². The molecular weight excluding hydrogens is 188 g/mol. The van der Waals surface area contributed by atoms with Gasteiger partial charge in [0.2, 0.25) is 0 Å². The molecule has 0 radical (unpaired) electrons. The van der Waals surface area contributed by atoms with E-state index >= 15 is 0 Å². The molecule has 0 saturated carbocycles. The normalized spacial score (nSPS) is 12.7. The molecule has 0 aliphatic heterocycles. The summed E-state index contributed by atoms with van der Waals surface area (Å²) < 4.78 is 1.82. The van der Waals surface area contributed by atoms with Crippen molar-refractivity contribution in [1.82, 2.24) is 14.8 Å². The maximum Gasteiger partial charge on any atom is 0.122 e. The van der Waals surface area contributed by atoms with E-state index in [1.54, 1.807) is 12.4 Å². The minimum atomic E-state index is 0.140. The monoisotopic (exact) mass is 202 g/mol. The van der Waals surface area contributed by atoms with Crippen LogP contribution in [0, 0.1) is 6.92 Å². The van der Waals surface area contributed by atoms with Gasteiger partial charge in [-0.3, -0.25) is 4.98 Å². The number of rotatable bonds is 2. The molecule has 1 atom stereocenters. The van der Waals surface area contributed by atoms with E-state index < -0.39 is 0 Å². The summed E-state index contributed by atoms with van der Waals surface area (Å²) in [5.74, 6) is 0.691. The van der Waals surface area contributed by atoms with Crippen molar-refractivity contribution in [1.29, 1.82) is 0 Å². The third-order valence-electron chi connectivity index (χ3n) is 2.44. The van der Waals surface area contributed by atoms with Crippen LogP contribution >= 0.6 is 0 Å². The maximum absolute atomic E-state index is 5.86. The van der Waals surface area contributed by atoms with Crippen molar-refractivity contribution in [3.05, 3.63) is 41.9 Å². The van der Waals surface area contributed by atoms with Crippen molar-refractivity contribution in [2.75, 3.05) is 5.73 Å². The Morgan fingerprint density at radius 1 is 1.33 bits per heavy atom. The molecule has 0 aromatic carbocycles. The first-order chi connectivity index (χ1) is 7.18. The maximum atomic E-state index is 5.86. The van der Waals surface area contributed by atoms with Gasteiger partial charge in [0.25, 0.3) is 0 Å². The van der Waals surface area contributed by atoms with Crippen LogP contribution in [0.3, 0.4) is 0 Å². The Morgan fingerprint density at radius 2 is 2.00 bits per heavy atom. The molecule has 2 heterocycles. The highest BCUT2D eigenvalue weighted by molar-refractivity contribution is 5.32. The van der Waals surface area contributed by atoms with Crippen LogP contribution in [0.1, 0.15) is 24.2 Å². The minimum absolute atomic E-state index is 0.140. The van der Waals surface area contributed by atoms with E-state index in [-0.39, 0.29) is 6.04 Å². The number of hydrogen-bond donors (Lipinski definition) is 1. The molecule has 78 valence electrons. The van der Waals surface area contributed by atoms with Crippen molar-refractivity contribution >= 4 is 5.82 Å². The number of nitrogen functional groups attached to an aromatic ring is 1. The zero-order valence-electron chi connectivity index (χ0n) is 8.88. The second-order valence-corrected chi connectivity index (χ2v) is 3.61. The Labute approximate surface area is 88.8 Å². The molecule has 0 amide bonds. The summed E-state index contributed by atoms with van der Waals surface area (Å²) >= 11 is 0. The molecule has 0 aliphatic carbocycles. The SMILES string of the molecule is Cc1cc(N)n(C(C)c2ccncc2)n1. The molecule has 1 unspecified atom stereocenters. The zero-order chi connectivity index (χ0) is 10.8. The van der Waals surface area contributed by atoms with Gasteiger partial charge in [-0.1, -0.05) is 0 Å². The molecule has 0 bridgehead atoms. The molecule has 0 aliphatic rings. The van der Waals surface area contributed by atoms with Crippen LogP contribution in [0.25, 0.3) is 0 Å². The summed E-state index contributed by atoms with van der Waals surface area (Å²) in [6.07, 6.45) is 3.55. The van der Waals surface area contributed by atoms with Crippen LogP contribution in [-0.2, 0) is 0 Å². The van der Waals surface area contributed by atoms with Crippen LogP contribution < -0.4 is 5.73 Å². The third-order valence-corrected chi connectivity index (χ3v) is 2.44. The van der Waals surface area contributed by atoms with Crippen molar-refractivity contribution in [3.63, 3.8) is 0 Å². The Kier molecular flexibility index (Phi) is 2.41. The highest BCUT2D eigenvalue weighted by atomic mass is 15.3. The number of aromatic nitrogens is 3. The highest BCUT2D eigenvalue weighted by Crippen LogP contribution is 2.20. The van der Waals surface area contributed by atoms with Crippen molar-refractivity contribution < 1.29 is 0 Å². The first kappa shape index (κ1) is 9.71. The molecule has 0 saturated heterocycles. The smallest absolute Gasteiger partial charge is 0.122 e. The first-order valence-corrected chi connectivity index (χ1v) is 4.90. The quantitative estimate of drug-likeness (QED) is 0.807. The fraction of sp³-hybridized carbons (Fsp3) is 0.273. The van der Waals surface area contributed by atoms with Crippen LogP contribution in [0.2, 0.25) is 0 Å². The van der Waals surface area contributed by atoms with Gasteiger partial charge in [-0.15, -0.1) is 0 Å². The minimum Gasteiger partial charge on any atom is -0.384 e. The summed E-state index contributed by atoms with van der Waals surface area (Å²) in [6.45, 7) is 4.00. The second-order valence-electron chi connectivity index (χ2n) is 3.61. The third kappa shape index (κ3) is 1.83. The topological polar surface area (TPSA) is 56.7 Å². The first-order valence-electron chi connectivity index (χ1n) is 4.90. The predicted octanol–water partition coefficient (Wildman–Crippen LogP) is 1.78. The number of pyridine rings is 1. The Bertz CT molecular complexity index is 447. The number of hydrogen-bond acceptors (Lipinski definition) is 3. The van der Waals surface area contributed by atoms with Gasteiger partial charge in [0.05, 0.1) is 11.7 Å². The van der Waals surface area contributed by atoms with E-state index in [1.165, 1.54) is 0 Å². The van der Waals surface area contributed by atoms with Crippen LogP contribution in [-0.4, -0.2) is 14.8 Å². The van der Waals surface area contributed by atoms with E-state index in [4.69, 9.17) is 5.73 Å². The fourth-order valence-corrected chi connectivity index (χ4v) is 1.63. The highest BCUT2D eigenvalue weighted by Gasteiger charge is 2.11. The molecule has 2 aromatic rings. The van der Waals surface area contributed by atoms with Gasteiger partial charge in [-0.25, -0.2) is 4.68 Å². The zero-order valence-corrected chi connectivity index (χ0v) is 8.88. The fourth-order valence-electron chi connectivity index (χ4n) is 1.63. The van der Waals surface area contributed by atoms with Crippen LogP contribution in [0.5, 0.6) is 0 Å². The Balaban J connectivity index is 2.36. The van der Waals surface area contributed by atoms with E-state index in [0.29, 0.717) is 5.82 Å². The lowest BCUT2D eigenvalue weighted by Crippen LogP contribution is -2.11. The lowest BCUT2D eigenvalue weighted by molar-refractivity contribution is 0.568. The molecular formula is C11H14N4. The second kappa shape index (κ2) is 3.73. The van der Waals surface area contributed by atoms with Crippen LogP contribution in [0.15, 0.2) is 30.6 Å². The molecule has 2 rings (SSSR count). The largest absolute Gasteiger partial charge is 0.384 e.